The van der Waals surface area contributed by atoms with Gasteiger partial charge in [-0.15, -0.1) is 0 Å². The summed E-state index contributed by atoms with van der Waals surface area (Å²) in [5.74, 6) is 0.563. The number of aliphatic hydroxyl groups is 1. The van der Waals surface area contributed by atoms with Crippen molar-refractivity contribution in [3.63, 3.8) is 0 Å². The second-order valence-corrected chi connectivity index (χ2v) is 7.81. The molecule has 1 aromatic carbocycles. The minimum Gasteiger partial charge on any atom is -0.395 e. The third kappa shape index (κ3) is 4.00. The molecular formula is C18H28ClNO. The predicted octanol–water partition coefficient (Wildman–Crippen LogP) is 4.23. The lowest BCUT2D eigenvalue weighted by molar-refractivity contribution is 0.0472. The lowest BCUT2D eigenvalue weighted by Crippen LogP contribution is -2.45. The van der Waals surface area contributed by atoms with Crippen molar-refractivity contribution in [3.05, 3.63) is 34.3 Å². The van der Waals surface area contributed by atoms with E-state index in [0.29, 0.717) is 5.92 Å². The van der Waals surface area contributed by atoms with E-state index in [1.807, 2.05) is 0 Å². The summed E-state index contributed by atoms with van der Waals surface area (Å²) in [7, 11) is 0. The van der Waals surface area contributed by atoms with Crippen LogP contribution in [0.3, 0.4) is 0 Å². The van der Waals surface area contributed by atoms with E-state index in [9.17, 15) is 5.11 Å². The van der Waals surface area contributed by atoms with Gasteiger partial charge in [-0.2, -0.15) is 0 Å². The predicted molar refractivity (Wildman–Crippen MR) is 89.8 cm³/mol. The number of nitrogens with zero attached hydrogens (tertiary/aromatic N) is 1. The molecule has 0 bridgehead atoms. The quantitative estimate of drug-likeness (QED) is 0.903. The average molecular weight is 310 g/mol. The molecule has 2 nitrogen and oxygen atoms in total. The highest BCUT2D eigenvalue weighted by Crippen LogP contribution is 2.31. The topological polar surface area (TPSA) is 23.5 Å². The fourth-order valence-electron chi connectivity index (χ4n) is 3.33. The summed E-state index contributed by atoms with van der Waals surface area (Å²) in [6.45, 7) is 11.0. The zero-order valence-corrected chi connectivity index (χ0v) is 14.5. The zero-order chi connectivity index (χ0) is 15.6. The van der Waals surface area contributed by atoms with Gasteiger partial charge in [0.05, 0.1) is 6.61 Å². The van der Waals surface area contributed by atoms with Gasteiger partial charge in [0.1, 0.15) is 0 Å². The average Bonchev–Trinajstić information content (AvgIpc) is 2.37. The van der Waals surface area contributed by atoms with Crippen LogP contribution in [0.5, 0.6) is 0 Å². The Kier molecular flexibility index (Phi) is 5.34. The molecule has 0 radical (unpaired) electrons. The van der Waals surface area contributed by atoms with Crippen LogP contribution in [0.2, 0.25) is 5.02 Å². The smallest absolute Gasteiger partial charge is 0.0589 e. The highest BCUT2D eigenvalue weighted by atomic mass is 35.5. The maximum atomic E-state index is 9.65. The van der Waals surface area contributed by atoms with E-state index in [1.165, 1.54) is 24.0 Å². The van der Waals surface area contributed by atoms with Crippen LogP contribution < -0.4 is 0 Å². The van der Waals surface area contributed by atoms with E-state index in [-0.39, 0.29) is 18.1 Å². The highest BCUT2D eigenvalue weighted by Gasteiger charge is 2.28. The van der Waals surface area contributed by atoms with Crippen LogP contribution >= 0.6 is 11.6 Å². The van der Waals surface area contributed by atoms with Gasteiger partial charge in [0, 0.05) is 17.6 Å². The van der Waals surface area contributed by atoms with E-state index < -0.39 is 0 Å². The highest BCUT2D eigenvalue weighted by molar-refractivity contribution is 6.31. The lowest BCUT2D eigenvalue weighted by atomic mass is 9.86. The number of aliphatic hydroxyl groups excluding tert-OH is 1. The number of hydrogen-bond donors (Lipinski definition) is 1. The minimum atomic E-state index is 0.0723. The Bertz CT molecular complexity index is 481. The first-order valence-electron chi connectivity index (χ1n) is 7.96. The lowest BCUT2D eigenvalue weighted by Gasteiger charge is -2.39. The van der Waals surface area contributed by atoms with Crippen LogP contribution in [-0.2, 0) is 12.0 Å². The summed E-state index contributed by atoms with van der Waals surface area (Å²) < 4.78 is 0. The summed E-state index contributed by atoms with van der Waals surface area (Å²) in [6, 6.07) is 6.70. The van der Waals surface area contributed by atoms with Crippen LogP contribution in [0.15, 0.2) is 18.2 Å². The number of rotatable bonds is 3. The zero-order valence-electron chi connectivity index (χ0n) is 13.7. The van der Waals surface area contributed by atoms with Gasteiger partial charge < -0.3 is 5.11 Å². The maximum Gasteiger partial charge on any atom is 0.0589 e. The van der Waals surface area contributed by atoms with E-state index >= 15 is 0 Å². The third-order valence-electron chi connectivity index (χ3n) is 4.64. The molecule has 0 saturated carbocycles. The van der Waals surface area contributed by atoms with E-state index in [0.717, 1.165) is 18.1 Å². The van der Waals surface area contributed by atoms with Crippen molar-refractivity contribution in [1.29, 1.82) is 0 Å². The Morgan fingerprint density at radius 3 is 2.62 bits per heavy atom. The summed E-state index contributed by atoms with van der Waals surface area (Å²) in [5, 5.41) is 10.5. The number of likely N-dealkylation sites (tertiary alicyclic amines) is 1. The van der Waals surface area contributed by atoms with Crippen LogP contribution in [0, 0.1) is 5.92 Å². The molecule has 2 atom stereocenters. The molecule has 0 spiro atoms. The molecule has 3 heteroatoms. The summed E-state index contributed by atoms with van der Waals surface area (Å²) >= 11 is 6.46. The number of piperidine rings is 1. The Labute approximate surface area is 134 Å². The fourth-order valence-corrected chi connectivity index (χ4v) is 3.81. The number of halogens is 1. The third-order valence-corrected chi connectivity index (χ3v) is 4.96. The second kappa shape index (κ2) is 6.68. The molecule has 1 fully saturated rings. The first kappa shape index (κ1) is 16.8. The molecule has 0 aliphatic carbocycles. The van der Waals surface area contributed by atoms with Crippen molar-refractivity contribution in [2.45, 2.75) is 58.5 Å². The first-order valence-corrected chi connectivity index (χ1v) is 8.34. The van der Waals surface area contributed by atoms with Gasteiger partial charge in [-0.05, 0) is 47.9 Å². The van der Waals surface area contributed by atoms with Crippen molar-refractivity contribution < 1.29 is 5.11 Å². The van der Waals surface area contributed by atoms with Crippen molar-refractivity contribution in [3.8, 4) is 0 Å². The maximum absolute atomic E-state index is 9.65. The molecule has 1 aliphatic heterocycles. The van der Waals surface area contributed by atoms with E-state index in [2.05, 4.69) is 50.8 Å². The number of benzene rings is 1. The molecule has 118 valence electrons. The molecule has 1 aliphatic rings. The van der Waals surface area contributed by atoms with Gasteiger partial charge in [0.25, 0.3) is 0 Å². The van der Waals surface area contributed by atoms with Gasteiger partial charge in [-0.1, -0.05) is 51.4 Å². The van der Waals surface area contributed by atoms with Crippen molar-refractivity contribution >= 4 is 11.6 Å². The first-order chi connectivity index (χ1) is 9.82. The number of hydrogen-bond acceptors (Lipinski definition) is 2. The summed E-state index contributed by atoms with van der Waals surface area (Å²) in [5.41, 5.74) is 2.50. The van der Waals surface area contributed by atoms with Crippen LogP contribution in [0.25, 0.3) is 0 Å². The van der Waals surface area contributed by atoms with Gasteiger partial charge >= 0.3 is 0 Å². The minimum absolute atomic E-state index is 0.0723. The van der Waals surface area contributed by atoms with Crippen LogP contribution in [0.4, 0.5) is 0 Å². The monoisotopic (exact) mass is 309 g/mol. The van der Waals surface area contributed by atoms with Crippen LogP contribution in [0.1, 0.15) is 51.7 Å². The van der Waals surface area contributed by atoms with Gasteiger partial charge in [-0.25, -0.2) is 0 Å². The Hall–Kier alpha value is -0.570. The van der Waals surface area contributed by atoms with Gasteiger partial charge in [0.15, 0.2) is 0 Å². The van der Waals surface area contributed by atoms with E-state index in [1.54, 1.807) is 0 Å². The molecular weight excluding hydrogens is 282 g/mol. The van der Waals surface area contributed by atoms with Gasteiger partial charge in [-0.3, -0.25) is 4.90 Å². The van der Waals surface area contributed by atoms with E-state index in [4.69, 9.17) is 11.6 Å². The Balaban J connectivity index is 2.14. The molecule has 21 heavy (non-hydrogen) atoms. The molecule has 1 saturated heterocycles. The fraction of sp³-hybridized carbons (Fsp3) is 0.667. The normalized spacial score (nSPS) is 24.3. The van der Waals surface area contributed by atoms with Crippen molar-refractivity contribution in [2.24, 2.45) is 5.92 Å². The van der Waals surface area contributed by atoms with Crippen LogP contribution in [-0.4, -0.2) is 29.2 Å². The summed E-state index contributed by atoms with van der Waals surface area (Å²) in [6.07, 6.45) is 2.43. The molecule has 1 aromatic rings. The second-order valence-electron chi connectivity index (χ2n) is 7.40. The standard InChI is InChI=1S/C18H28ClNO/c1-13-6-5-9-20(17(13)12-21)11-14-7-8-15(16(19)10-14)18(2,3)4/h7-8,10,13,17,21H,5-6,9,11-12H2,1-4H3. The Morgan fingerprint density at radius 1 is 1.33 bits per heavy atom. The molecule has 1 N–H and O–H groups in total. The van der Waals surface area contributed by atoms with Crippen molar-refractivity contribution in [1.82, 2.24) is 4.90 Å². The Morgan fingerprint density at radius 2 is 2.05 bits per heavy atom. The van der Waals surface area contributed by atoms with Gasteiger partial charge in [0.2, 0.25) is 0 Å². The largest absolute Gasteiger partial charge is 0.395 e. The van der Waals surface area contributed by atoms with Crippen molar-refractivity contribution in [2.75, 3.05) is 13.2 Å². The molecule has 0 aromatic heterocycles. The molecule has 2 unspecified atom stereocenters. The molecule has 0 amide bonds. The molecule has 2 rings (SSSR count). The SMILES string of the molecule is CC1CCCN(Cc2ccc(C(C)(C)C)c(Cl)c2)C1CO. The summed E-state index contributed by atoms with van der Waals surface area (Å²) in [4.78, 5) is 2.40. The molecule has 1 heterocycles.